The second-order valence-corrected chi connectivity index (χ2v) is 6.21. The first kappa shape index (κ1) is 14.2. The summed E-state index contributed by atoms with van der Waals surface area (Å²) in [6.45, 7) is 10.0. The lowest BCUT2D eigenvalue weighted by Crippen LogP contribution is -2.58. The third-order valence-corrected chi connectivity index (χ3v) is 4.01. The summed E-state index contributed by atoms with van der Waals surface area (Å²) in [5, 5.41) is 0. The third-order valence-electron chi connectivity index (χ3n) is 4.01. The molecule has 0 bridgehead atoms. The van der Waals surface area contributed by atoms with Gasteiger partial charge in [0.25, 0.3) is 6.47 Å². The fraction of sp³-hybridized carbons (Fsp3) is 0.786. The fourth-order valence-corrected chi connectivity index (χ4v) is 2.93. The van der Waals surface area contributed by atoms with Crippen molar-refractivity contribution < 1.29 is 9.53 Å². The van der Waals surface area contributed by atoms with Crippen LogP contribution in [0.2, 0.25) is 0 Å². The van der Waals surface area contributed by atoms with Gasteiger partial charge < -0.3 is 4.74 Å². The lowest BCUT2D eigenvalue weighted by Gasteiger charge is -2.53. The van der Waals surface area contributed by atoms with E-state index in [1.807, 2.05) is 6.08 Å². The van der Waals surface area contributed by atoms with E-state index in [-0.39, 0.29) is 11.1 Å². The molecule has 1 fully saturated rings. The predicted octanol–water partition coefficient (Wildman–Crippen LogP) is 2.61. The molecule has 1 heterocycles. The Labute approximate surface area is 105 Å². The molecule has 1 aliphatic heterocycles. The molecule has 1 saturated heterocycles. The van der Waals surface area contributed by atoms with Crippen LogP contribution < -0.4 is 0 Å². The first-order valence-corrected chi connectivity index (χ1v) is 6.25. The van der Waals surface area contributed by atoms with Gasteiger partial charge in [0, 0.05) is 11.1 Å². The Bertz CT molecular complexity index is 277. The highest BCUT2D eigenvalue weighted by atomic mass is 16.5. The number of ether oxygens (including phenoxy) is 1. The number of carbonyl (C=O) groups excluding carboxylic acids is 1. The molecule has 1 aliphatic rings. The Morgan fingerprint density at radius 2 is 1.76 bits per heavy atom. The highest BCUT2D eigenvalue weighted by molar-refractivity contribution is 5.37. The number of piperidine rings is 1. The molecule has 0 radical (unpaired) electrons. The van der Waals surface area contributed by atoms with Crippen molar-refractivity contribution in [2.45, 2.75) is 51.6 Å². The van der Waals surface area contributed by atoms with Crippen LogP contribution in [0.5, 0.6) is 0 Å². The van der Waals surface area contributed by atoms with Gasteiger partial charge in [-0.2, -0.15) is 0 Å². The van der Waals surface area contributed by atoms with Gasteiger partial charge in [-0.3, -0.25) is 9.69 Å². The molecule has 17 heavy (non-hydrogen) atoms. The van der Waals surface area contributed by atoms with Crippen LogP contribution in [0.15, 0.2) is 12.2 Å². The average molecular weight is 239 g/mol. The maximum atomic E-state index is 10.0. The first-order chi connectivity index (χ1) is 7.79. The van der Waals surface area contributed by atoms with Gasteiger partial charge in [-0.15, -0.1) is 0 Å². The molecule has 0 atom stereocenters. The van der Waals surface area contributed by atoms with Crippen LogP contribution >= 0.6 is 0 Å². The van der Waals surface area contributed by atoms with Gasteiger partial charge in [0.05, 0.1) is 0 Å². The zero-order valence-corrected chi connectivity index (χ0v) is 11.7. The second kappa shape index (κ2) is 5.21. The van der Waals surface area contributed by atoms with Crippen LogP contribution in [0.25, 0.3) is 0 Å². The van der Waals surface area contributed by atoms with Crippen LogP contribution in [0, 0.1) is 5.92 Å². The van der Waals surface area contributed by atoms with Crippen LogP contribution in [0.4, 0.5) is 0 Å². The number of allylic oxidation sites excluding steroid dienone is 1. The summed E-state index contributed by atoms with van der Waals surface area (Å²) in [5.74, 6) is 0.562. The molecule has 0 amide bonds. The average Bonchev–Trinajstić information content (AvgIpc) is 2.20. The molecule has 0 N–H and O–H groups in total. The van der Waals surface area contributed by atoms with E-state index in [4.69, 9.17) is 0 Å². The molecule has 0 aromatic carbocycles. The minimum Gasteiger partial charge on any atom is -0.464 e. The quantitative estimate of drug-likeness (QED) is 0.429. The molecular formula is C14H25NO2. The Morgan fingerprint density at radius 3 is 2.24 bits per heavy atom. The molecule has 0 spiro atoms. The van der Waals surface area contributed by atoms with Crippen LogP contribution in [-0.2, 0) is 9.53 Å². The zero-order valence-electron chi connectivity index (χ0n) is 11.7. The SMILES string of the molecule is CN1C(C)(C)CC(C=CCOC=O)CC1(C)C. The van der Waals surface area contributed by atoms with Crippen molar-refractivity contribution in [3.05, 3.63) is 12.2 Å². The lowest BCUT2D eigenvalue weighted by atomic mass is 9.74. The van der Waals surface area contributed by atoms with Gasteiger partial charge in [0.1, 0.15) is 6.61 Å². The number of hydrogen-bond acceptors (Lipinski definition) is 3. The largest absolute Gasteiger partial charge is 0.464 e. The minimum atomic E-state index is 0.211. The summed E-state index contributed by atoms with van der Waals surface area (Å²) >= 11 is 0. The van der Waals surface area contributed by atoms with Crippen molar-refractivity contribution in [2.24, 2.45) is 5.92 Å². The molecule has 0 aliphatic carbocycles. The maximum absolute atomic E-state index is 10.0. The number of nitrogens with zero attached hydrogens (tertiary/aromatic N) is 1. The molecule has 0 aromatic heterocycles. The molecule has 3 heteroatoms. The molecule has 0 unspecified atom stereocenters. The van der Waals surface area contributed by atoms with Gasteiger partial charge in [-0.1, -0.05) is 12.2 Å². The van der Waals surface area contributed by atoms with E-state index in [1.165, 1.54) is 0 Å². The van der Waals surface area contributed by atoms with Gasteiger partial charge in [0.2, 0.25) is 0 Å². The fourth-order valence-electron chi connectivity index (χ4n) is 2.93. The minimum absolute atomic E-state index is 0.211. The molecule has 3 nitrogen and oxygen atoms in total. The maximum Gasteiger partial charge on any atom is 0.293 e. The van der Waals surface area contributed by atoms with Crippen molar-refractivity contribution in [3.63, 3.8) is 0 Å². The normalized spacial score (nSPS) is 25.0. The first-order valence-electron chi connectivity index (χ1n) is 6.25. The van der Waals surface area contributed by atoms with Crippen LogP contribution in [0.1, 0.15) is 40.5 Å². The molecule has 1 rings (SSSR count). The zero-order chi connectivity index (χ0) is 13.1. The standard InChI is InChI=1S/C14H25NO2/c1-13(2)9-12(7-6-8-17-11-16)10-14(3,4)15(13)5/h6-7,11-12H,8-10H2,1-5H3. The van der Waals surface area contributed by atoms with Crippen molar-refractivity contribution in [3.8, 4) is 0 Å². The van der Waals surface area contributed by atoms with Gasteiger partial charge in [0.15, 0.2) is 0 Å². The summed E-state index contributed by atoms with van der Waals surface area (Å²) in [6, 6.07) is 0. The van der Waals surface area contributed by atoms with E-state index >= 15 is 0 Å². The Hall–Kier alpha value is -0.830. The summed E-state index contributed by atoms with van der Waals surface area (Å²) in [5.41, 5.74) is 0.421. The monoisotopic (exact) mass is 239 g/mol. The van der Waals surface area contributed by atoms with Crippen LogP contribution in [-0.4, -0.2) is 36.1 Å². The number of rotatable bonds is 4. The van der Waals surface area contributed by atoms with E-state index in [0.29, 0.717) is 19.0 Å². The van der Waals surface area contributed by atoms with Gasteiger partial charge >= 0.3 is 0 Å². The molecule has 0 aromatic rings. The molecule has 0 saturated carbocycles. The summed E-state index contributed by atoms with van der Waals surface area (Å²) in [4.78, 5) is 12.5. The van der Waals surface area contributed by atoms with E-state index in [2.05, 4.69) is 50.5 Å². The number of hydrogen-bond donors (Lipinski definition) is 0. The molecule has 98 valence electrons. The van der Waals surface area contributed by atoms with Gasteiger partial charge in [-0.05, 0) is 53.5 Å². The summed E-state index contributed by atoms with van der Waals surface area (Å²) in [7, 11) is 2.20. The smallest absolute Gasteiger partial charge is 0.293 e. The predicted molar refractivity (Wildman–Crippen MR) is 69.8 cm³/mol. The Kier molecular flexibility index (Phi) is 4.36. The Morgan fingerprint density at radius 1 is 1.24 bits per heavy atom. The van der Waals surface area contributed by atoms with E-state index in [1.54, 1.807) is 0 Å². The number of likely N-dealkylation sites (tertiary alicyclic amines) is 1. The van der Waals surface area contributed by atoms with E-state index in [9.17, 15) is 4.79 Å². The highest BCUT2D eigenvalue weighted by Crippen LogP contribution is 2.40. The Balaban J connectivity index is 2.65. The summed E-state index contributed by atoms with van der Waals surface area (Å²) in [6.07, 6.45) is 6.44. The van der Waals surface area contributed by atoms with Crippen LogP contribution in [0.3, 0.4) is 0 Å². The second-order valence-electron chi connectivity index (χ2n) is 6.21. The third kappa shape index (κ3) is 3.56. The lowest BCUT2D eigenvalue weighted by molar-refractivity contribution is -0.127. The van der Waals surface area contributed by atoms with E-state index in [0.717, 1.165) is 12.8 Å². The topological polar surface area (TPSA) is 29.5 Å². The van der Waals surface area contributed by atoms with E-state index < -0.39 is 0 Å². The van der Waals surface area contributed by atoms with Crippen molar-refractivity contribution in [1.29, 1.82) is 0 Å². The highest BCUT2D eigenvalue weighted by Gasteiger charge is 2.41. The number of carbonyl (C=O) groups is 1. The van der Waals surface area contributed by atoms with Gasteiger partial charge in [-0.25, -0.2) is 0 Å². The summed E-state index contributed by atoms with van der Waals surface area (Å²) < 4.78 is 4.67. The van der Waals surface area contributed by atoms with Crippen molar-refractivity contribution >= 4 is 6.47 Å². The van der Waals surface area contributed by atoms with Crippen molar-refractivity contribution in [1.82, 2.24) is 4.90 Å². The molecular weight excluding hydrogens is 214 g/mol. The van der Waals surface area contributed by atoms with Crippen molar-refractivity contribution in [2.75, 3.05) is 13.7 Å².